The Bertz CT molecular complexity index is 666. The fraction of sp³-hybridized carbons (Fsp3) is 0.667. The fourth-order valence-corrected chi connectivity index (χ4v) is 4.10. The van der Waals surface area contributed by atoms with Gasteiger partial charge in [-0.1, -0.05) is 6.42 Å². The highest BCUT2D eigenvalue weighted by atomic mass is 19.1. The number of halogens is 1. The summed E-state index contributed by atoms with van der Waals surface area (Å²) in [5.74, 6) is -0.149. The van der Waals surface area contributed by atoms with Gasteiger partial charge in [-0.2, -0.15) is 0 Å². The molecule has 6 nitrogen and oxygen atoms in total. The van der Waals surface area contributed by atoms with Crippen LogP contribution >= 0.6 is 0 Å². The van der Waals surface area contributed by atoms with E-state index in [1.54, 1.807) is 17.0 Å². The lowest BCUT2D eigenvalue weighted by atomic mass is 9.91. The summed E-state index contributed by atoms with van der Waals surface area (Å²) in [6, 6.07) is 4.50. The van der Waals surface area contributed by atoms with Gasteiger partial charge in [-0.15, -0.1) is 0 Å². The fourth-order valence-electron chi connectivity index (χ4n) is 4.10. The van der Waals surface area contributed by atoms with Crippen molar-refractivity contribution in [1.82, 2.24) is 15.1 Å². The summed E-state index contributed by atoms with van der Waals surface area (Å²) in [7, 11) is 1.53. The third-order valence-corrected chi connectivity index (χ3v) is 5.79. The molecule has 1 aromatic rings. The van der Waals surface area contributed by atoms with E-state index in [4.69, 9.17) is 4.74 Å². The zero-order chi connectivity index (χ0) is 20.0. The minimum atomic E-state index is -1.42. The van der Waals surface area contributed by atoms with Gasteiger partial charge in [0, 0.05) is 38.3 Å². The quantitative estimate of drug-likeness (QED) is 0.659. The summed E-state index contributed by atoms with van der Waals surface area (Å²) >= 11 is 0. The molecule has 0 spiro atoms. The second-order valence-corrected chi connectivity index (χ2v) is 7.90. The number of carbonyl (C=O) groups is 1. The van der Waals surface area contributed by atoms with Crippen molar-refractivity contribution in [1.29, 1.82) is 0 Å². The number of rotatable bonds is 8. The van der Waals surface area contributed by atoms with Crippen molar-refractivity contribution in [3.63, 3.8) is 0 Å². The monoisotopic (exact) mass is 393 g/mol. The number of piperidine rings is 2. The van der Waals surface area contributed by atoms with E-state index in [1.165, 1.54) is 32.4 Å². The Morgan fingerprint density at radius 1 is 1.21 bits per heavy atom. The van der Waals surface area contributed by atoms with E-state index in [2.05, 4.69) is 10.2 Å². The van der Waals surface area contributed by atoms with Crippen molar-refractivity contribution in [3.8, 4) is 5.75 Å². The van der Waals surface area contributed by atoms with Crippen LogP contribution < -0.4 is 10.1 Å². The highest BCUT2D eigenvalue weighted by molar-refractivity contribution is 5.86. The second-order valence-electron chi connectivity index (χ2n) is 7.90. The van der Waals surface area contributed by atoms with Crippen molar-refractivity contribution in [2.45, 2.75) is 44.2 Å². The minimum Gasteiger partial charge on any atom is -0.497 e. The highest BCUT2D eigenvalue weighted by Gasteiger charge is 2.41. The van der Waals surface area contributed by atoms with Gasteiger partial charge in [0.2, 0.25) is 0 Å². The van der Waals surface area contributed by atoms with Crippen LogP contribution in [0.5, 0.6) is 5.75 Å². The Hall–Kier alpha value is -1.70. The van der Waals surface area contributed by atoms with Crippen LogP contribution in [0.3, 0.4) is 0 Å². The van der Waals surface area contributed by atoms with Gasteiger partial charge >= 0.3 is 0 Å². The Labute approximate surface area is 166 Å². The maximum Gasteiger partial charge on any atom is 0.256 e. The molecule has 0 radical (unpaired) electrons. The first-order valence-corrected chi connectivity index (χ1v) is 10.3. The number of aliphatic hydroxyl groups is 1. The van der Waals surface area contributed by atoms with Crippen LogP contribution in [0.25, 0.3) is 0 Å². The van der Waals surface area contributed by atoms with Crippen molar-refractivity contribution in [2.75, 3.05) is 46.4 Å². The number of nitrogens with one attached hydrogen (secondary N) is 1. The summed E-state index contributed by atoms with van der Waals surface area (Å²) in [5.41, 5.74) is -1.02. The molecule has 1 unspecified atom stereocenters. The van der Waals surface area contributed by atoms with Gasteiger partial charge in [0.05, 0.1) is 7.11 Å². The molecule has 2 N–H and O–H groups in total. The number of benzene rings is 1. The highest BCUT2D eigenvalue weighted by Crippen LogP contribution is 2.25. The molecular weight excluding hydrogens is 361 g/mol. The number of likely N-dealkylation sites (tertiary alicyclic amines) is 2. The first kappa shape index (κ1) is 21.0. The van der Waals surface area contributed by atoms with E-state index in [9.17, 15) is 14.3 Å². The molecule has 2 aliphatic rings. The van der Waals surface area contributed by atoms with Gasteiger partial charge in [-0.25, -0.2) is 4.39 Å². The van der Waals surface area contributed by atoms with E-state index in [0.717, 1.165) is 26.2 Å². The summed E-state index contributed by atoms with van der Waals surface area (Å²) < 4.78 is 19.3. The molecule has 156 valence electrons. The predicted molar refractivity (Wildman–Crippen MR) is 106 cm³/mol. The largest absolute Gasteiger partial charge is 0.497 e. The number of nitrogens with zero attached hydrogens (tertiary/aromatic N) is 2. The lowest BCUT2D eigenvalue weighted by molar-refractivity contribution is -0.157. The third-order valence-electron chi connectivity index (χ3n) is 5.79. The van der Waals surface area contributed by atoms with Crippen LogP contribution in [-0.2, 0) is 11.3 Å². The van der Waals surface area contributed by atoms with Crippen LogP contribution in [0.4, 0.5) is 4.39 Å². The molecule has 0 aromatic heterocycles. The molecular formula is C21H32FN3O3. The second kappa shape index (κ2) is 9.67. The van der Waals surface area contributed by atoms with Crippen molar-refractivity contribution in [2.24, 2.45) is 0 Å². The first-order valence-electron chi connectivity index (χ1n) is 10.3. The van der Waals surface area contributed by atoms with E-state index in [1.807, 2.05) is 0 Å². The molecule has 28 heavy (non-hydrogen) atoms. The molecule has 2 heterocycles. The summed E-state index contributed by atoms with van der Waals surface area (Å²) in [6.45, 7) is 4.83. The summed E-state index contributed by atoms with van der Waals surface area (Å²) in [5, 5.41) is 14.2. The van der Waals surface area contributed by atoms with Crippen molar-refractivity contribution < 1.29 is 19.0 Å². The van der Waals surface area contributed by atoms with E-state index >= 15 is 0 Å². The molecule has 2 saturated heterocycles. The number of carbonyl (C=O) groups excluding carboxylic acids is 1. The van der Waals surface area contributed by atoms with Crippen LogP contribution in [-0.4, -0.2) is 72.8 Å². The third kappa shape index (κ3) is 5.21. The Kier molecular flexibility index (Phi) is 7.26. The average Bonchev–Trinajstić information content (AvgIpc) is 2.71. The molecule has 3 rings (SSSR count). The first-order chi connectivity index (χ1) is 13.5. The molecule has 2 fully saturated rings. The molecule has 2 aliphatic heterocycles. The molecule has 7 heteroatoms. The molecule has 0 saturated carbocycles. The molecule has 0 bridgehead atoms. The van der Waals surface area contributed by atoms with Gasteiger partial charge in [-0.3, -0.25) is 4.79 Å². The van der Waals surface area contributed by atoms with Crippen LogP contribution in [0.15, 0.2) is 18.2 Å². The SMILES string of the molecule is COc1ccc(F)c(CN2CCCC(O)(CNCCN3CCCCC3)C2=O)c1. The number of ether oxygens (including phenoxy) is 1. The van der Waals surface area contributed by atoms with E-state index in [0.29, 0.717) is 30.7 Å². The number of hydrogen-bond acceptors (Lipinski definition) is 5. The lowest BCUT2D eigenvalue weighted by Gasteiger charge is -2.38. The van der Waals surface area contributed by atoms with E-state index < -0.39 is 5.60 Å². The van der Waals surface area contributed by atoms with Crippen LogP contribution in [0, 0.1) is 5.82 Å². The molecule has 1 aromatic carbocycles. The normalized spacial score (nSPS) is 23.8. The van der Waals surface area contributed by atoms with Gasteiger partial charge in [-0.05, 0) is 57.0 Å². The standard InChI is InChI=1S/C21H32FN3O3/c1-28-18-6-7-19(22)17(14-18)15-25-12-5-8-21(27,20(25)26)16-23-9-13-24-10-3-2-4-11-24/h6-7,14,23,27H,2-5,8-13,15-16H2,1H3. The Morgan fingerprint density at radius 3 is 2.75 bits per heavy atom. The summed E-state index contributed by atoms with van der Waals surface area (Å²) in [4.78, 5) is 16.9. The number of methoxy groups -OCH3 is 1. The minimum absolute atomic E-state index is 0.137. The maximum atomic E-state index is 14.1. The lowest BCUT2D eigenvalue weighted by Crippen LogP contribution is -2.58. The van der Waals surface area contributed by atoms with Gasteiger partial charge in [0.15, 0.2) is 5.60 Å². The summed E-state index contributed by atoms with van der Waals surface area (Å²) in [6.07, 6.45) is 4.93. The van der Waals surface area contributed by atoms with Crippen LogP contribution in [0.1, 0.15) is 37.7 Å². The Morgan fingerprint density at radius 2 is 2.00 bits per heavy atom. The van der Waals surface area contributed by atoms with Gasteiger partial charge in [0.25, 0.3) is 5.91 Å². The van der Waals surface area contributed by atoms with Gasteiger partial charge < -0.3 is 25.0 Å². The number of hydrogen-bond donors (Lipinski definition) is 2. The predicted octanol–water partition coefficient (Wildman–Crippen LogP) is 1.76. The maximum absolute atomic E-state index is 14.1. The molecule has 1 atom stereocenters. The molecule has 1 amide bonds. The zero-order valence-corrected chi connectivity index (χ0v) is 16.8. The smallest absolute Gasteiger partial charge is 0.256 e. The van der Waals surface area contributed by atoms with Crippen molar-refractivity contribution in [3.05, 3.63) is 29.6 Å². The van der Waals surface area contributed by atoms with E-state index in [-0.39, 0.29) is 24.8 Å². The average molecular weight is 394 g/mol. The Balaban J connectivity index is 1.53. The zero-order valence-electron chi connectivity index (χ0n) is 16.8. The van der Waals surface area contributed by atoms with Gasteiger partial charge in [0.1, 0.15) is 11.6 Å². The molecule has 0 aliphatic carbocycles. The number of amides is 1. The van der Waals surface area contributed by atoms with Crippen molar-refractivity contribution >= 4 is 5.91 Å². The van der Waals surface area contributed by atoms with Crippen LogP contribution in [0.2, 0.25) is 0 Å². The topological polar surface area (TPSA) is 65.0 Å².